The van der Waals surface area contributed by atoms with E-state index in [1.165, 1.54) is 12.1 Å². The predicted octanol–water partition coefficient (Wildman–Crippen LogP) is 3.50. The van der Waals surface area contributed by atoms with Crippen LogP contribution < -0.4 is 4.74 Å². The van der Waals surface area contributed by atoms with Gasteiger partial charge in [0.1, 0.15) is 23.5 Å². The van der Waals surface area contributed by atoms with Gasteiger partial charge in [-0.3, -0.25) is 9.78 Å². The predicted molar refractivity (Wildman–Crippen MR) is 91.6 cm³/mol. The molecule has 2 unspecified atom stereocenters. The highest BCUT2D eigenvalue weighted by atomic mass is 19.1. The zero-order chi connectivity index (χ0) is 18.1. The van der Waals surface area contributed by atoms with E-state index in [9.17, 15) is 13.6 Å². The fourth-order valence-corrected chi connectivity index (χ4v) is 4.16. The van der Waals surface area contributed by atoms with Gasteiger partial charge < -0.3 is 9.64 Å². The minimum Gasteiger partial charge on any atom is -0.489 e. The summed E-state index contributed by atoms with van der Waals surface area (Å²) in [5, 5.41) is 0. The largest absolute Gasteiger partial charge is 0.489 e. The first-order chi connectivity index (χ1) is 12.6. The second kappa shape index (κ2) is 7.02. The third-order valence-electron chi connectivity index (χ3n) is 5.27. The van der Waals surface area contributed by atoms with Crippen LogP contribution in [0, 0.1) is 11.6 Å². The molecule has 2 saturated heterocycles. The van der Waals surface area contributed by atoms with Gasteiger partial charge in [-0.25, -0.2) is 8.78 Å². The zero-order valence-corrected chi connectivity index (χ0v) is 14.3. The summed E-state index contributed by atoms with van der Waals surface area (Å²) in [4.78, 5) is 18.7. The summed E-state index contributed by atoms with van der Waals surface area (Å²) in [6.45, 7) is 0. The van der Waals surface area contributed by atoms with E-state index >= 15 is 0 Å². The van der Waals surface area contributed by atoms with Crippen molar-refractivity contribution in [3.05, 3.63) is 59.9 Å². The smallest absolute Gasteiger partial charge is 0.227 e. The molecule has 0 aliphatic carbocycles. The third kappa shape index (κ3) is 3.41. The van der Waals surface area contributed by atoms with Gasteiger partial charge in [-0.15, -0.1) is 0 Å². The zero-order valence-electron chi connectivity index (χ0n) is 14.3. The van der Waals surface area contributed by atoms with E-state index in [-0.39, 0.29) is 36.1 Å². The second-order valence-corrected chi connectivity index (χ2v) is 7.00. The molecule has 2 aromatic rings. The quantitative estimate of drug-likeness (QED) is 0.840. The van der Waals surface area contributed by atoms with Crippen LogP contribution in [0.1, 0.15) is 31.2 Å². The number of amides is 1. The van der Waals surface area contributed by atoms with Crippen LogP contribution in [0.3, 0.4) is 0 Å². The number of hydrogen-bond acceptors (Lipinski definition) is 3. The molecule has 136 valence electrons. The Morgan fingerprint density at radius 3 is 2.62 bits per heavy atom. The van der Waals surface area contributed by atoms with E-state index in [0.717, 1.165) is 37.5 Å². The van der Waals surface area contributed by atoms with Crippen LogP contribution in [0.15, 0.2) is 42.7 Å². The summed E-state index contributed by atoms with van der Waals surface area (Å²) in [5.41, 5.74) is 0.240. The lowest BCUT2D eigenvalue weighted by Crippen LogP contribution is -2.49. The summed E-state index contributed by atoms with van der Waals surface area (Å²) in [5.74, 6) is -0.652. The van der Waals surface area contributed by atoms with Crippen molar-refractivity contribution in [1.82, 2.24) is 9.88 Å². The van der Waals surface area contributed by atoms with Gasteiger partial charge >= 0.3 is 0 Å². The standard InChI is InChI=1S/C20H20F2N2O2/c21-14-4-3-13(19(22)9-14)8-20(25)24-15-5-6-16(24)11-18(10-15)26-17-2-1-7-23-12-17/h1-4,7,9,12,15-16,18H,5-6,8,10-11H2. The van der Waals surface area contributed by atoms with Crippen molar-refractivity contribution in [1.29, 1.82) is 0 Å². The molecule has 0 radical (unpaired) electrons. The topological polar surface area (TPSA) is 42.4 Å². The summed E-state index contributed by atoms with van der Waals surface area (Å²) < 4.78 is 32.9. The van der Waals surface area contributed by atoms with Gasteiger partial charge in [0.15, 0.2) is 0 Å². The van der Waals surface area contributed by atoms with Crippen molar-refractivity contribution in [2.24, 2.45) is 0 Å². The van der Waals surface area contributed by atoms with E-state index in [0.29, 0.717) is 0 Å². The molecule has 6 heteroatoms. The highest BCUT2D eigenvalue weighted by molar-refractivity contribution is 5.80. The first-order valence-corrected chi connectivity index (χ1v) is 8.92. The normalized spacial score (nSPS) is 24.5. The number of carbonyl (C=O) groups excluding carboxylic acids is 1. The summed E-state index contributed by atoms with van der Waals surface area (Å²) in [7, 11) is 0. The van der Waals surface area contributed by atoms with Crippen molar-refractivity contribution in [3.8, 4) is 5.75 Å². The third-order valence-corrected chi connectivity index (χ3v) is 5.27. The van der Waals surface area contributed by atoms with Crippen LogP contribution in [0.5, 0.6) is 5.75 Å². The Kier molecular flexibility index (Phi) is 4.57. The van der Waals surface area contributed by atoms with Crippen molar-refractivity contribution in [2.45, 2.75) is 50.3 Å². The minimum absolute atomic E-state index is 0.0345. The van der Waals surface area contributed by atoms with Gasteiger partial charge in [-0.05, 0) is 36.6 Å². The van der Waals surface area contributed by atoms with Gasteiger partial charge in [0.05, 0.1) is 12.6 Å². The lowest BCUT2D eigenvalue weighted by atomic mass is 9.98. The van der Waals surface area contributed by atoms with E-state index in [2.05, 4.69) is 4.98 Å². The Bertz CT molecular complexity index is 786. The Morgan fingerprint density at radius 2 is 1.96 bits per heavy atom. The Labute approximate surface area is 150 Å². The molecule has 2 atom stereocenters. The van der Waals surface area contributed by atoms with Crippen LogP contribution in [-0.2, 0) is 11.2 Å². The number of piperidine rings is 1. The number of ether oxygens (including phenoxy) is 1. The van der Waals surface area contributed by atoms with Crippen LogP contribution in [0.25, 0.3) is 0 Å². The highest BCUT2D eigenvalue weighted by Gasteiger charge is 2.43. The molecule has 4 rings (SSSR count). The van der Waals surface area contributed by atoms with Crippen molar-refractivity contribution < 1.29 is 18.3 Å². The molecular formula is C20H20F2N2O2. The molecule has 2 aliphatic rings. The Balaban J connectivity index is 1.42. The summed E-state index contributed by atoms with van der Waals surface area (Å²) in [6.07, 6.45) is 6.83. The molecule has 0 spiro atoms. The number of halogens is 2. The first kappa shape index (κ1) is 16.9. The van der Waals surface area contributed by atoms with Crippen LogP contribution >= 0.6 is 0 Å². The number of benzene rings is 1. The van der Waals surface area contributed by atoms with Crippen molar-refractivity contribution >= 4 is 5.91 Å². The van der Waals surface area contributed by atoms with Gasteiger partial charge in [0.2, 0.25) is 5.91 Å². The number of nitrogens with zero attached hydrogens (tertiary/aromatic N) is 2. The molecule has 1 aromatic carbocycles. The van der Waals surface area contributed by atoms with Crippen molar-refractivity contribution in [2.75, 3.05) is 0 Å². The fraction of sp³-hybridized carbons (Fsp3) is 0.400. The average molecular weight is 358 g/mol. The van der Waals surface area contributed by atoms with Gasteiger partial charge in [-0.2, -0.15) is 0 Å². The molecule has 4 nitrogen and oxygen atoms in total. The first-order valence-electron chi connectivity index (χ1n) is 8.92. The molecule has 2 aliphatic heterocycles. The molecular weight excluding hydrogens is 338 g/mol. The highest BCUT2D eigenvalue weighted by Crippen LogP contribution is 2.37. The Morgan fingerprint density at radius 1 is 1.19 bits per heavy atom. The maximum atomic E-state index is 13.9. The number of rotatable bonds is 4. The van der Waals surface area contributed by atoms with Crippen LogP contribution in [-0.4, -0.2) is 34.0 Å². The number of aromatic nitrogens is 1. The molecule has 1 amide bonds. The lowest BCUT2D eigenvalue weighted by Gasteiger charge is -2.39. The number of hydrogen-bond donors (Lipinski definition) is 0. The van der Waals surface area contributed by atoms with E-state index < -0.39 is 11.6 Å². The second-order valence-electron chi connectivity index (χ2n) is 7.00. The molecule has 26 heavy (non-hydrogen) atoms. The van der Waals surface area contributed by atoms with E-state index in [4.69, 9.17) is 4.74 Å². The Hall–Kier alpha value is -2.50. The monoisotopic (exact) mass is 358 g/mol. The summed E-state index contributed by atoms with van der Waals surface area (Å²) >= 11 is 0. The number of carbonyl (C=O) groups is 1. The number of pyridine rings is 1. The van der Waals surface area contributed by atoms with Gasteiger partial charge in [-0.1, -0.05) is 6.07 Å². The van der Waals surface area contributed by atoms with E-state index in [1.54, 1.807) is 12.4 Å². The van der Waals surface area contributed by atoms with E-state index in [1.807, 2.05) is 17.0 Å². The van der Waals surface area contributed by atoms with Gasteiger partial charge in [0, 0.05) is 37.2 Å². The minimum atomic E-state index is -0.666. The van der Waals surface area contributed by atoms with Gasteiger partial charge in [0.25, 0.3) is 0 Å². The van der Waals surface area contributed by atoms with Crippen LogP contribution in [0.4, 0.5) is 8.78 Å². The fourth-order valence-electron chi connectivity index (χ4n) is 4.16. The molecule has 2 fully saturated rings. The summed E-state index contributed by atoms with van der Waals surface area (Å²) in [6, 6.07) is 7.31. The maximum Gasteiger partial charge on any atom is 0.227 e. The van der Waals surface area contributed by atoms with Crippen LogP contribution in [0.2, 0.25) is 0 Å². The molecule has 0 N–H and O–H groups in total. The maximum absolute atomic E-state index is 13.9. The molecule has 2 bridgehead atoms. The average Bonchev–Trinajstić information content (AvgIpc) is 2.89. The molecule has 1 aromatic heterocycles. The van der Waals surface area contributed by atoms with Crippen molar-refractivity contribution in [3.63, 3.8) is 0 Å². The number of fused-ring (bicyclic) bond motifs is 2. The molecule has 3 heterocycles. The molecule has 0 saturated carbocycles. The lowest BCUT2D eigenvalue weighted by molar-refractivity contribution is -0.136. The SMILES string of the molecule is O=C(Cc1ccc(F)cc1F)N1C2CCC1CC(Oc1cccnc1)C2.